The van der Waals surface area contributed by atoms with Gasteiger partial charge in [-0.25, -0.2) is 9.97 Å². The summed E-state index contributed by atoms with van der Waals surface area (Å²) in [6.07, 6.45) is 2.40. The van der Waals surface area contributed by atoms with Gasteiger partial charge < -0.3 is 9.88 Å². The first-order valence-electron chi connectivity index (χ1n) is 6.74. The van der Waals surface area contributed by atoms with Gasteiger partial charge in [0.15, 0.2) is 0 Å². The van der Waals surface area contributed by atoms with Crippen LogP contribution in [0.5, 0.6) is 0 Å². The second kappa shape index (κ2) is 5.38. The molecule has 1 N–H and O–H groups in total. The Morgan fingerprint density at radius 2 is 2.00 bits per heavy atom. The predicted molar refractivity (Wildman–Crippen MR) is 76.2 cm³/mol. The minimum atomic E-state index is 0.828. The van der Waals surface area contributed by atoms with Crippen LogP contribution in [-0.2, 0) is 0 Å². The molecule has 2 aromatic rings. The number of hydrogen-bond acceptors (Lipinski definition) is 3. The molecule has 2 rings (SSSR count). The van der Waals surface area contributed by atoms with Gasteiger partial charge in [0.2, 0.25) is 0 Å². The molecule has 0 fully saturated rings. The zero-order chi connectivity index (χ0) is 13.1. The number of fused-ring (bicyclic) bond motifs is 1. The van der Waals surface area contributed by atoms with Gasteiger partial charge in [-0.3, -0.25) is 0 Å². The summed E-state index contributed by atoms with van der Waals surface area (Å²) in [5, 5.41) is 1.14. The molecule has 0 unspecified atom stereocenters. The number of aromatic nitrogens is 3. The molecule has 0 spiro atoms. The summed E-state index contributed by atoms with van der Waals surface area (Å²) in [5.41, 5.74) is 2.09. The highest BCUT2D eigenvalue weighted by molar-refractivity contribution is 5.88. The minimum absolute atomic E-state index is 0.828. The lowest BCUT2D eigenvalue weighted by Gasteiger charge is -2.22. The van der Waals surface area contributed by atoms with Gasteiger partial charge in [0.25, 0.3) is 0 Å². The summed E-state index contributed by atoms with van der Waals surface area (Å²) in [6.45, 7) is 10.4. The zero-order valence-corrected chi connectivity index (χ0v) is 11.7. The van der Waals surface area contributed by atoms with Crippen LogP contribution in [0.3, 0.4) is 0 Å². The molecule has 2 heterocycles. The van der Waals surface area contributed by atoms with Crippen molar-refractivity contribution in [2.75, 3.05) is 18.0 Å². The maximum Gasteiger partial charge on any atom is 0.143 e. The standard InChI is InChI=1S/C14H22N4/c1-5-7-8-18(6-2)14-12-9-10(3)15-13(12)16-11(4)17-14/h9H,5-8H2,1-4H3,(H,15,16,17). The summed E-state index contributed by atoms with van der Waals surface area (Å²) in [4.78, 5) is 14.7. The van der Waals surface area contributed by atoms with Crippen molar-refractivity contribution in [1.29, 1.82) is 0 Å². The van der Waals surface area contributed by atoms with E-state index in [1.54, 1.807) is 0 Å². The molecule has 0 saturated heterocycles. The molecule has 0 radical (unpaired) electrons. The van der Waals surface area contributed by atoms with Crippen LogP contribution in [0.1, 0.15) is 38.2 Å². The SMILES string of the molecule is CCCCN(CC)c1nc(C)nc2[nH]c(C)cc12. The van der Waals surface area contributed by atoms with Crippen molar-refractivity contribution in [3.63, 3.8) is 0 Å². The van der Waals surface area contributed by atoms with Crippen LogP contribution in [0.25, 0.3) is 11.0 Å². The van der Waals surface area contributed by atoms with E-state index in [9.17, 15) is 0 Å². The van der Waals surface area contributed by atoms with Crippen molar-refractivity contribution < 1.29 is 0 Å². The van der Waals surface area contributed by atoms with E-state index < -0.39 is 0 Å². The van der Waals surface area contributed by atoms with Crippen molar-refractivity contribution in [2.45, 2.75) is 40.5 Å². The van der Waals surface area contributed by atoms with E-state index in [0.717, 1.165) is 41.5 Å². The number of nitrogens with zero attached hydrogens (tertiary/aromatic N) is 3. The lowest BCUT2D eigenvalue weighted by atomic mass is 10.2. The fourth-order valence-corrected chi connectivity index (χ4v) is 2.24. The number of unbranched alkanes of at least 4 members (excludes halogenated alkanes) is 1. The second-order valence-corrected chi connectivity index (χ2v) is 4.74. The van der Waals surface area contributed by atoms with Gasteiger partial charge >= 0.3 is 0 Å². The molecule has 4 nitrogen and oxygen atoms in total. The number of nitrogens with one attached hydrogen (secondary N) is 1. The molecule has 4 heteroatoms. The van der Waals surface area contributed by atoms with Crippen LogP contribution >= 0.6 is 0 Å². The van der Waals surface area contributed by atoms with Crippen LogP contribution < -0.4 is 4.90 Å². The smallest absolute Gasteiger partial charge is 0.143 e. The van der Waals surface area contributed by atoms with Gasteiger partial charge in [-0.15, -0.1) is 0 Å². The summed E-state index contributed by atoms with van der Waals surface area (Å²) < 4.78 is 0. The molecule has 0 aliphatic carbocycles. The summed E-state index contributed by atoms with van der Waals surface area (Å²) in [6, 6.07) is 2.14. The normalized spacial score (nSPS) is 11.1. The lowest BCUT2D eigenvalue weighted by Crippen LogP contribution is -2.25. The van der Waals surface area contributed by atoms with Crippen LogP contribution in [0.2, 0.25) is 0 Å². The van der Waals surface area contributed by atoms with Gasteiger partial charge in [-0.1, -0.05) is 13.3 Å². The van der Waals surface area contributed by atoms with E-state index in [1.165, 1.54) is 12.8 Å². The van der Waals surface area contributed by atoms with Crippen LogP contribution in [0.15, 0.2) is 6.07 Å². The van der Waals surface area contributed by atoms with Crippen molar-refractivity contribution in [2.24, 2.45) is 0 Å². The third-order valence-corrected chi connectivity index (χ3v) is 3.18. The molecular formula is C14H22N4. The fraction of sp³-hybridized carbons (Fsp3) is 0.571. The third-order valence-electron chi connectivity index (χ3n) is 3.18. The number of H-pyrrole nitrogens is 1. The highest BCUT2D eigenvalue weighted by atomic mass is 15.2. The Morgan fingerprint density at radius 3 is 2.67 bits per heavy atom. The van der Waals surface area contributed by atoms with Crippen molar-refractivity contribution in [3.8, 4) is 0 Å². The third kappa shape index (κ3) is 2.47. The molecule has 0 saturated carbocycles. The second-order valence-electron chi connectivity index (χ2n) is 4.74. The topological polar surface area (TPSA) is 44.8 Å². The maximum atomic E-state index is 4.63. The predicted octanol–water partition coefficient (Wildman–Crippen LogP) is 3.20. The Hall–Kier alpha value is -1.58. The average Bonchev–Trinajstić information content (AvgIpc) is 2.70. The van der Waals surface area contributed by atoms with E-state index in [2.05, 4.69) is 46.7 Å². The minimum Gasteiger partial charge on any atom is -0.356 e. The van der Waals surface area contributed by atoms with Crippen molar-refractivity contribution >= 4 is 16.9 Å². The maximum absolute atomic E-state index is 4.63. The number of aromatic amines is 1. The van der Waals surface area contributed by atoms with Gasteiger partial charge in [-0.2, -0.15) is 0 Å². The molecule has 98 valence electrons. The van der Waals surface area contributed by atoms with E-state index >= 15 is 0 Å². The van der Waals surface area contributed by atoms with Gasteiger partial charge in [0, 0.05) is 18.8 Å². The summed E-state index contributed by atoms with van der Waals surface area (Å²) in [5.74, 6) is 1.90. The fourth-order valence-electron chi connectivity index (χ4n) is 2.24. The largest absolute Gasteiger partial charge is 0.356 e. The van der Waals surface area contributed by atoms with E-state index in [1.807, 2.05) is 6.92 Å². The molecular weight excluding hydrogens is 224 g/mol. The van der Waals surface area contributed by atoms with E-state index in [0.29, 0.717) is 0 Å². The van der Waals surface area contributed by atoms with Gasteiger partial charge in [-0.05, 0) is 33.3 Å². The molecule has 0 amide bonds. The Bertz CT molecular complexity index is 530. The van der Waals surface area contributed by atoms with Crippen molar-refractivity contribution in [1.82, 2.24) is 15.0 Å². The lowest BCUT2D eigenvalue weighted by molar-refractivity contribution is 0.724. The average molecular weight is 246 g/mol. The number of aryl methyl sites for hydroxylation is 2. The first-order valence-corrected chi connectivity index (χ1v) is 6.74. The molecule has 0 bridgehead atoms. The van der Waals surface area contributed by atoms with Crippen LogP contribution in [0.4, 0.5) is 5.82 Å². The van der Waals surface area contributed by atoms with Gasteiger partial charge in [0.1, 0.15) is 17.3 Å². The molecule has 0 atom stereocenters. The Morgan fingerprint density at radius 1 is 1.22 bits per heavy atom. The van der Waals surface area contributed by atoms with Gasteiger partial charge in [0.05, 0.1) is 5.39 Å². The first kappa shape index (κ1) is 12.9. The van der Waals surface area contributed by atoms with Crippen LogP contribution in [0, 0.1) is 13.8 Å². The molecule has 0 aliphatic rings. The Kier molecular flexibility index (Phi) is 3.84. The van der Waals surface area contributed by atoms with E-state index in [-0.39, 0.29) is 0 Å². The zero-order valence-electron chi connectivity index (χ0n) is 11.7. The number of rotatable bonds is 5. The Balaban J connectivity index is 2.46. The summed E-state index contributed by atoms with van der Waals surface area (Å²) >= 11 is 0. The van der Waals surface area contributed by atoms with E-state index in [4.69, 9.17) is 0 Å². The Labute approximate surface area is 108 Å². The molecule has 0 aliphatic heterocycles. The van der Waals surface area contributed by atoms with Crippen LogP contribution in [-0.4, -0.2) is 28.0 Å². The highest BCUT2D eigenvalue weighted by Crippen LogP contribution is 2.24. The molecule has 18 heavy (non-hydrogen) atoms. The van der Waals surface area contributed by atoms with Crippen molar-refractivity contribution in [3.05, 3.63) is 17.6 Å². The summed E-state index contributed by atoms with van der Waals surface area (Å²) in [7, 11) is 0. The number of anilines is 1. The molecule has 0 aromatic carbocycles. The molecule has 2 aromatic heterocycles. The quantitative estimate of drug-likeness (QED) is 0.881. The highest BCUT2D eigenvalue weighted by Gasteiger charge is 2.13. The first-order chi connectivity index (χ1) is 8.65. The monoisotopic (exact) mass is 246 g/mol. The number of hydrogen-bond donors (Lipinski definition) is 1.